The van der Waals surface area contributed by atoms with Crippen molar-refractivity contribution in [2.75, 3.05) is 13.6 Å². The van der Waals surface area contributed by atoms with Gasteiger partial charge in [-0.3, -0.25) is 14.4 Å². The summed E-state index contributed by atoms with van der Waals surface area (Å²) < 4.78 is 0. The van der Waals surface area contributed by atoms with Crippen molar-refractivity contribution < 1.29 is 14.4 Å². The Balaban J connectivity index is 1.58. The van der Waals surface area contributed by atoms with E-state index in [9.17, 15) is 14.4 Å². The van der Waals surface area contributed by atoms with E-state index in [1.807, 2.05) is 17.9 Å². The number of likely N-dealkylation sites (N-methyl/N-ethyl adjacent to an activating group) is 1. The normalized spacial score (nSPS) is 25.8. The molecule has 1 aromatic rings. The molecule has 3 N–H and O–H groups in total. The SMILES string of the molecule is CN[C@@H](C)C(=O)N[C@H](C(=O)N1C[C@@H](C(C)(C)C)C[C@H]1C(=O)N[C@@H]1CCCc2ccccc21)C1CCCCC1. The van der Waals surface area contributed by atoms with Crippen LogP contribution in [0.1, 0.15) is 96.2 Å². The van der Waals surface area contributed by atoms with E-state index in [1.54, 1.807) is 7.05 Å². The number of carbonyl (C=O) groups excluding carboxylic acids is 3. The number of likely N-dealkylation sites (tertiary alicyclic amines) is 1. The second kappa shape index (κ2) is 12.2. The Morgan fingerprint density at radius 3 is 2.39 bits per heavy atom. The van der Waals surface area contributed by atoms with Gasteiger partial charge in [0.2, 0.25) is 17.7 Å². The van der Waals surface area contributed by atoms with E-state index in [2.05, 4.69) is 54.9 Å². The van der Waals surface area contributed by atoms with Crippen molar-refractivity contribution in [2.45, 2.75) is 110 Å². The van der Waals surface area contributed by atoms with E-state index in [1.165, 1.54) is 17.5 Å². The lowest BCUT2D eigenvalue weighted by Gasteiger charge is -2.36. The lowest BCUT2D eigenvalue weighted by atomic mass is 9.79. The number of carbonyl (C=O) groups is 3. The van der Waals surface area contributed by atoms with Crippen molar-refractivity contribution in [3.8, 4) is 0 Å². The molecule has 1 saturated heterocycles. The van der Waals surface area contributed by atoms with Gasteiger partial charge in [-0.15, -0.1) is 0 Å². The smallest absolute Gasteiger partial charge is 0.246 e. The first kappa shape index (κ1) is 28.6. The lowest BCUT2D eigenvalue weighted by molar-refractivity contribution is -0.143. The van der Waals surface area contributed by atoms with E-state index >= 15 is 0 Å². The first-order valence-electron chi connectivity index (χ1n) is 14.8. The molecule has 2 fully saturated rings. The van der Waals surface area contributed by atoms with Gasteiger partial charge in [-0.25, -0.2) is 0 Å². The first-order chi connectivity index (χ1) is 18.1. The van der Waals surface area contributed by atoms with Gasteiger partial charge < -0.3 is 20.9 Å². The van der Waals surface area contributed by atoms with Crippen molar-refractivity contribution in [1.29, 1.82) is 0 Å². The predicted octanol–water partition coefficient (Wildman–Crippen LogP) is 4.12. The zero-order chi connectivity index (χ0) is 27.4. The molecule has 0 radical (unpaired) electrons. The fourth-order valence-electron chi connectivity index (χ4n) is 6.56. The molecule has 3 amide bonds. The summed E-state index contributed by atoms with van der Waals surface area (Å²) in [6.07, 6.45) is 8.80. The summed E-state index contributed by atoms with van der Waals surface area (Å²) in [6, 6.07) is 6.83. The van der Waals surface area contributed by atoms with Crippen LogP contribution >= 0.6 is 0 Å². The summed E-state index contributed by atoms with van der Waals surface area (Å²) in [5.74, 6) is -0.0110. The van der Waals surface area contributed by atoms with Crippen LogP contribution in [0.15, 0.2) is 24.3 Å². The summed E-state index contributed by atoms with van der Waals surface area (Å²) in [6.45, 7) is 8.91. The van der Waals surface area contributed by atoms with Crippen LogP contribution in [0.2, 0.25) is 0 Å². The maximum atomic E-state index is 14.3. The summed E-state index contributed by atoms with van der Waals surface area (Å²) in [7, 11) is 1.75. The molecule has 0 unspecified atom stereocenters. The molecule has 210 valence electrons. The number of aryl methyl sites for hydroxylation is 1. The van der Waals surface area contributed by atoms with Crippen LogP contribution in [-0.2, 0) is 20.8 Å². The molecule has 4 rings (SSSR count). The molecule has 1 saturated carbocycles. The molecule has 3 aliphatic rings. The number of fused-ring (bicyclic) bond motifs is 1. The fraction of sp³-hybridized carbons (Fsp3) is 0.710. The van der Waals surface area contributed by atoms with Crippen molar-refractivity contribution >= 4 is 17.7 Å². The maximum Gasteiger partial charge on any atom is 0.246 e. The molecular weight excluding hydrogens is 476 g/mol. The maximum absolute atomic E-state index is 14.3. The van der Waals surface area contributed by atoms with Crippen LogP contribution in [0.3, 0.4) is 0 Å². The van der Waals surface area contributed by atoms with E-state index in [0.717, 1.165) is 44.9 Å². The van der Waals surface area contributed by atoms with Gasteiger partial charge in [-0.05, 0) is 80.9 Å². The Hall–Kier alpha value is -2.41. The van der Waals surface area contributed by atoms with Gasteiger partial charge in [-0.1, -0.05) is 64.3 Å². The lowest BCUT2D eigenvalue weighted by Crippen LogP contribution is -2.58. The van der Waals surface area contributed by atoms with Crippen LogP contribution in [0.5, 0.6) is 0 Å². The third-order valence-electron chi connectivity index (χ3n) is 9.31. The van der Waals surface area contributed by atoms with Crippen molar-refractivity contribution in [3.05, 3.63) is 35.4 Å². The van der Waals surface area contributed by atoms with Gasteiger partial charge in [0.25, 0.3) is 0 Å². The van der Waals surface area contributed by atoms with Gasteiger partial charge in [0.1, 0.15) is 12.1 Å². The third-order valence-corrected chi connectivity index (χ3v) is 9.31. The average molecular weight is 525 g/mol. The molecule has 7 nitrogen and oxygen atoms in total. The summed E-state index contributed by atoms with van der Waals surface area (Å²) in [5.41, 5.74) is 2.47. The second-order valence-corrected chi connectivity index (χ2v) is 12.9. The number of benzene rings is 1. The van der Waals surface area contributed by atoms with Gasteiger partial charge in [0, 0.05) is 6.54 Å². The Morgan fingerprint density at radius 1 is 1.00 bits per heavy atom. The molecule has 0 aromatic heterocycles. The minimum Gasteiger partial charge on any atom is -0.347 e. The standard InChI is InChI=1S/C31H48N4O3/c1-20(32-5)28(36)34-27(22-13-7-6-8-14-22)30(38)35-19-23(31(2,3)4)18-26(35)29(37)33-25-17-11-15-21-12-9-10-16-24(21)25/h9-10,12,16,20,22-23,25-27,32H,6-8,11,13-15,17-19H2,1-5H3,(H,33,37)(H,34,36)/t20-,23-,25+,26-,27-/m0/s1. The molecule has 0 bridgehead atoms. The highest BCUT2D eigenvalue weighted by Gasteiger charge is 2.47. The number of nitrogens with zero attached hydrogens (tertiary/aromatic N) is 1. The van der Waals surface area contributed by atoms with Crippen LogP contribution in [0.4, 0.5) is 0 Å². The second-order valence-electron chi connectivity index (χ2n) is 12.9. The van der Waals surface area contributed by atoms with Crippen molar-refractivity contribution in [2.24, 2.45) is 17.3 Å². The van der Waals surface area contributed by atoms with Crippen molar-refractivity contribution in [1.82, 2.24) is 20.9 Å². The topological polar surface area (TPSA) is 90.5 Å². The molecular formula is C31H48N4O3. The predicted molar refractivity (Wildman–Crippen MR) is 150 cm³/mol. The van der Waals surface area contributed by atoms with Crippen LogP contribution in [0, 0.1) is 17.3 Å². The highest BCUT2D eigenvalue weighted by atomic mass is 16.2. The molecule has 1 aliphatic heterocycles. The largest absolute Gasteiger partial charge is 0.347 e. The summed E-state index contributed by atoms with van der Waals surface area (Å²) in [5, 5.41) is 9.42. The van der Waals surface area contributed by atoms with Gasteiger partial charge in [0.05, 0.1) is 12.1 Å². The van der Waals surface area contributed by atoms with Crippen molar-refractivity contribution in [3.63, 3.8) is 0 Å². The Morgan fingerprint density at radius 2 is 1.71 bits per heavy atom. The van der Waals surface area contributed by atoms with Gasteiger partial charge >= 0.3 is 0 Å². The fourth-order valence-corrected chi connectivity index (χ4v) is 6.56. The Labute approximate surface area is 228 Å². The number of amides is 3. The number of nitrogens with one attached hydrogen (secondary N) is 3. The van der Waals surface area contributed by atoms with E-state index < -0.39 is 12.1 Å². The quantitative estimate of drug-likeness (QED) is 0.501. The van der Waals surface area contributed by atoms with Crippen LogP contribution in [-0.4, -0.2) is 54.3 Å². The zero-order valence-electron chi connectivity index (χ0n) is 24.0. The zero-order valence-corrected chi connectivity index (χ0v) is 24.0. The molecule has 1 aromatic carbocycles. The summed E-state index contributed by atoms with van der Waals surface area (Å²) >= 11 is 0. The molecule has 0 spiro atoms. The number of hydrogen-bond donors (Lipinski definition) is 3. The third kappa shape index (κ3) is 6.41. The monoisotopic (exact) mass is 524 g/mol. The highest BCUT2D eigenvalue weighted by Crippen LogP contribution is 2.39. The van der Waals surface area contributed by atoms with Gasteiger partial charge in [0.15, 0.2) is 0 Å². The van der Waals surface area contributed by atoms with Crippen LogP contribution in [0.25, 0.3) is 0 Å². The molecule has 38 heavy (non-hydrogen) atoms. The van der Waals surface area contributed by atoms with E-state index in [0.29, 0.717) is 13.0 Å². The summed E-state index contributed by atoms with van der Waals surface area (Å²) in [4.78, 5) is 42.9. The Bertz CT molecular complexity index is 997. The minimum atomic E-state index is -0.594. The number of hydrogen-bond acceptors (Lipinski definition) is 4. The minimum absolute atomic E-state index is 0.0246. The van der Waals surface area contributed by atoms with E-state index in [-0.39, 0.29) is 47.1 Å². The van der Waals surface area contributed by atoms with E-state index in [4.69, 9.17) is 0 Å². The molecule has 7 heteroatoms. The molecule has 5 atom stereocenters. The van der Waals surface area contributed by atoms with Gasteiger partial charge in [-0.2, -0.15) is 0 Å². The molecule has 2 aliphatic carbocycles. The Kier molecular flexibility index (Phi) is 9.17. The first-order valence-corrected chi connectivity index (χ1v) is 14.8. The number of rotatable bonds is 7. The molecule has 1 heterocycles. The van der Waals surface area contributed by atoms with Crippen LogP contribution < -0.4 is 16.0 Å². The average Bonchev–Trinajstić information content (AvgIpc) is 3.38. The highest BCUT2D eigenvalue weighted by molar-refractivity contribution is 5.93.